The monoisotopic (exact) mass is 471 g/mol. The fourth-order valence-electron chi connectivity index (χ4n) is 3.95. The van der Waals surface area contributed by atoms with Gasteiger partial charge in [-0.05, 0) is 25.1 Å². The molecule has 0 spiro atoms. The lowest BCUT2D eigenvalue weighted by atomic mass is 9.94. The lowest BCUT2D eigenvalue weighted by molar-refractivity contribution is -0.384. The van der Waals surface area contributed by atoms with E-state index in [0.29, 0.717) is 16.9 Å². The lowest BCUT2D eigenvalue weighted by Crippen LogP contribution is -2.32. The topological polar surface area (TPSA) is 128 Å². The van der Waals surface area contributed by atoms with Gasteiger partial charge in [0, 0.05) is 35.2 Å². The molecule has 1 aliphatic heterocycles. The van der Waals surface area contributed by atoms with Crippen molar-refractivity contribution in [2.75, 3.05) is 10.6 Å². The van der Waals surface area contributed by atoms with Crippen LogP contribution in [0.1, 0.15) is 18.5 Å². The van der Waals surface area contributed by atoms with Crippen LogP contribution in [-0.4, -0.2) is 30.6 Å². The fraction of sp³-hybridized carbons (Fsp3) is 0.0833. The predicted molar refractivity (Wildman–Crippen MR) is 126 cm³/mol. The normalized spacial score (nSPS) is 14.7. The van der Waals surface area contributed by atoms with Gasteiger partial charge < -0.3 is 10.6 Å². The second-order valence-electron chi connectivity index (χ2n) is 7.79. The highest BCUT2D eigenvalue weighted by Gasteiger charge is 2.36. The van der Waals surface area contributed by atoms with Crippen LogP contribution in [0.4, 0.5) is 21.7 Å². The molecule has 1 atom stereocenters. The van der Waals surface area contributed by atoms with Gasteiger partial charge in [-0.2, -0.15) is 4.98 Å². The van der Waals surface area contributed by atoms with Crippen LogP contribution in [0, 0.1) is 15.9 Å². The first-order valence-electron chi connectivity index (χ1n) is 10.6. The molecule has 35 heavy (non-hydrogen) atoms. The molecule has 1 amide bonds. The van der Waals surface area contributed by atoms with Crippen molar-refractivity contribution in [1.29, 1.82) is 0 Å². The number of hydrogen-bond acceptors (Lipinski definition) is 7. The summed E-state index contributed by atoms with van der Waals surface area (Å²) < 4.78 is 16.4. The Balaban J connectivity index is 1.62. The van der Waals surface area contributed by atoms with E-state index in [2.05, 4.69) is 25.7 Å². The molecule has 0 bridgehead atoms. The smallest absolute Gasteiger partial charge is 0.270 e. The van der Waals surface area contributed by atoms with Gasteiger partial charge in [-0.25, -0.2) is 9.07 Å². The molecule has 1 aliphatic rings. The summed E-state index contributed by atoms with van der Waals surface area (Å²) in [6, 6.07) is 14.4. The third kappa shape index (κ3) is 4.10. The van der Waals surface area contributed by atoms with Crippen LogP contribution < -0.4 is 10.6 Å². The quantitative estimate of drug-likeness (QED) is 0.328. The maximum absolute atomic E-state index is 15.0. The second kappa shape index (κ2) is 8.78. The molecule has 0 radical (unpaired) electrons. The van der Waals surface area contributed by atoms with Crippen LogP contribution in [0.3, 0.4) is 0 Å². The number of carbonyl (C=O) groups excluding carboxylic acids is 1. The Bertz CT molecular complexity index is 1480. The number of amides is 1. The van der Waals surface area contributed by atoms with E-state index in [4.69, 9.17) is 0 Å². The van der Waals surface area contributed by atoms with Gasteiger partial charge in [0.2, 0.25) is 5.95 Å². The van der Waals surface area contributed by atoms with Crippen LogP contribution in [0.2, 0.25) is 0 Å². The van der Waals surface area contributed by atoms with Crippen molar-refractivity contribution >= 4 is 23.2 Å². The van der Waals surface area contributed by atoms with Crippen LogP contribution >= 0.6 is 0 Å². The zero-order valence-corrected chi connectivity index (χ0v) is 18.3. The Morgan fingerprint density at radius 1 is 1.17 bits per heavy atom. The summed E-state index contributed by atoms with van der Waals surface area (Å²) >= 11 is 0. The molecule has 1 unspecified atom stereocenters. The first-order chi connectivity index (χ1) is 16.9. The van der Waals surface area contributed by atoms with Gasteiger partial charge in [0.25, 0.3) is 11.6 Å². The SMILES string of the molecule is CC1=C(C(=O)Nc2cccnc2)C(c2ccccc2F)n2nc(-c3cccc([N+](=O)[O-])c3)nc2N1. The van der Waals surface area contributed by atoms with Crippen molar-refractivity contribution in [1.82, 2.24) is 19.7 Å². The van der Waals surface area contributed by atoms with Crippen molar-refractivity contribution in [3.8, 4) is 11.4 Å². The number of carbonyl (C=O) groups is 1. The first kappa shape index (κ1) is 21.9. The second-order valence-corrected chi connectivity index (χ2v) is 7.79. The van der Waals surface area contributed by atoms with Crippen LogP contribution in [0.5, 0.6) is 0 Å². The number of aromatic nitrogens is 4. The highest BCUT2D eigenvalue weighted by atomic mass is 19.1. The molecule has 0 fully saturated rings. The van der Waals surface area contributed by atoms with E-state index >= 15 is 4.39 Å². The molecule has 3 heterocycles. The van der Waals surface area contributed by atoms with Crippen LogP contribution in [0.25, 0.3) is 11.4 Å². The van der Waals surface area contributed by atoms with Gasteiger partial charge in [-0.3, -0.25) is 19.9 Å². The van der Waals surface area contributed by atoms with E-state index in [1.165, 1.54) is 35.1 Å². The standard InChI is InChI=1S/C24H18FN7O3/c1-14-20(23(33)28-16-7-5-11-26-13-16)21(18-9-2-3-10-19(18)25)31-24(27-14)29-22(30-31)15-6-4-8-17(12-15)32(34)35/h2-13,21H,1H3,(H,28,33)(H,27,29,30). The minimum absolute atomic E-state index is 0.111. The zero-order valence-electron chi connectivity index (χ0n) is 18.3. The number of nitro groups is 1. The van der Waals surface area contributed by atoms with Gasteiger partial charge in [0.05, 0.1) is 22.4 Å². The van der Waals surface area contributed by atoms with E-state index < -0.39 is 22.7 Å². The van der Waals surface area contributed by atoms with E-state index in [1.54, 1.807) is 49.5 Å². The van der Waals surface area contributed by atoms with Gasteiger partial charge in [-0.15, -0.1) is 5.10 Å². The largest absolute Gasteiger partial charge is 0.328 e. The Morgan fingerprint density at radius 2 is 2.00 bits per heavy atom. The molecular formula is C24H18FN7O3. The molecule has 2 aromatic carbocycles. The molecule has 5 rings (SSSR count). The minimum Gasteiger partial charge on any atom is -0.328 e. The fourth-order valence-corrected chi connectivity index (χ4v) is 3.95. The zero-order chi connectivity index (χ0) is 24.5. The maximum atomic E-state index is 15.0. The number of nitrogens with one attached hydrogen (secondary N) is 2. The van der Waals surface area contributed by atoms with E-state index in [9.17, 15) is 14.9 Å². The van der Waals surface area contributed by atoms with E-state index in [1.807, 2.05) is 0 Å². The van der Waals surface area contributed by atoms with Crippen molar-refractivity contribution in [3.05, 3.63) is 106 Å². The van der Waals surface area contributed by atoms with Gasteiger partial charge in [0.15, 0.2) is 5.82 Å². The Hall–Kier alpha value is -4.93. The van der Waals surface area contributed by atoms with Crippen molar-refractivity contribution in [2.45, 2.75) is 13.0 Å². The Labute approximate surface area is 198 Å². The van der Waals surface area contributed by atoms with Gasteiger partial charge >= 0.3 is 0 Å². The van der Waals surface area contributed by atoms with Crippen LogP contribution in [-0.2, 0) is 4.79 Å². The number of hydrogen-bond donors (Lipinski definition) is 2. The van der Waals surface area contributed by atoms with Crippen molar-refractivity contribution in [2.24, 2.45) is 0 Å². The third-order valence-electron chi connectivity index (χ3n) is 5.53. The summed E-state index contributed by atoms with van der Waals surface area (Å²) in [4.78, 5) is 32.6. The summed E-state index contributed by atoms with van der Waals surface area (Å²) in [7, 11) is 0. The number of anilines is 2. The summed E-state index contributed by atoms with van der Waals surface area (Å²) in [6.45, 7) is 1.69. The highest BCUT2D eigenvalue weighted by molar-refractivity contribution is 6.06. The first-order valence-corrected chi connectivity index (χ1v) is 10.6. The van der Waals surface area contributed by atoms with E-state index in [0.717, 1.165) is 0 Å². The number of pyridine rings is 1. The van der Waals surface area contributed by atoms with Gasteiger partial charge in [-0.1, -0.05) is 30.3 Å². The molecule has 4 aromatic rings. The Kier molecular flexibility index (Phi) is 5.49. The lowest BCUT2D eigenvalue weighted by Gasteiger charge is -2.28. The summed E-state index contributed by atoms with van der Waals surface area (Å²) in [6.07, 6.45) is 3.09. The molecular weight excluding hydrogens is 453 g/mol. The molecule has 11 heteroatoms. The maximum Gasteiger partial charge on any atom is 0.270 e. The summed E-state index contributed by atoms with van der Waals surface area (Å²) in [5, 5.41) is 21.6. The average molecular weight is 471 g/mol. The number of fused-ring (bicyclic) bond motifs is 1. The number of rotatable bonds is 5. The minimum atomic E-state index is -0.941. The molecule has 0 saturated carbocycles. The predicted octanol–water partition coefficient (Wildman–Crippen LogP) is 4.32. The molecule has 0 aliphatic carbocycles. The number of allylic oxidation sites excluding steroid dienone is 1. The third-order valence-corrected chi connectivity index (χ3v) is 5.53. The number of nitro benzene ring substituents is 1. The number of non-ortho nitro benzene ring substituents is 1. The molecule has 174 valence electrons. The van der Waals surface area contributed by atoms with Crippen LogP contribution in [0.15, 0.2) is 84.3 Å². The van der Waals surface area contributed by atoms with E-state index in [-0.39, 0.29) is 28.6 Å². The number of benzene rings is 2. The summed E-state index contributed by atoms with van der Waals surface area (Å²) in [5.41, 5.74) is 1.70. The average Bonchev–Trinajstić information content (AvgIpc) is 3.28. The van der Waals surface area contributed by atoms with Crippen molar-refractivity contribution in [3.63, 3.8) is 0 Å². The molecule has 2 N–H and O–H groups in total. The molecule has 0 saturated heterocycles. The number of nitrogens with zero attached hydrogens (tertiary/aromatic N) is 5. The summed E-state index contributed by atoms with van der Waals surface area (Å²) in [5.74, 6) is -0.513. The molecule has 10 nitrogen and oxygen atoms in total. The Morgan fingerprint density at radius 3 is 2.74 bits per heavy atom. The molecule has 2 aromatic heterocycles. The van der Waals surface area contributed by atoms with Crippen molar-refractivity contribution < 1.29 is 14.1 Å². The number of halogens is 1. The highest BCUT2D eigenvalue weighted by Crippen LogP contribution is 2.38. The van der Waals surface area contributed by atoms with Gasteiger partial charge in [0.1, 0.15) is 11.9 Å².